The Hall–Kier alpha value is -1.38. The van der Waals surface area contributed by atoms with Gasteiger partial charge in [0.25, 0.3) is 0 Å². The fraction of sp³-hybridized carbons (Fsp3) is 0.571. The summed E-state index contributed by atoms with van der Waals surface area (Å²) >= 11 is 0. The molecule has 0 unspecified atom stereocenters. The van der Waals surface area contributed by atoms with E-state index in [2.05, 4.69) is 22.9 Å². The SMILES string of the molecule is CCc1cc(N(C)C)c2c(n1)C(=O)CCCC2. The molecular formula is C14H20N2O. The van der Waals surface area contributed by atoms with E-state index in [-0.39, 0.29) is 5.78 Å². The van der Waals surface area contributed by atoms with Crippen LogP contribution in [0.15, 0.2) is 6.07 Å². The molecule has 0 spiro atoms. The second-order valence-corrected chi connectivity index (χ2v) is 4.84. The predicted octanol–water partition coefficient (Wildman–Crippen LogP) is 2.62. The van der Waals surface area contributed by atoms with Gasteiger partial charge in [-0.3, -0.25) is 4.79 Å². The third kappa shape index (κ3) is 2.33. The molecule has 0 saturated carbocycles. The standard InChI is InChI=1S/C14H20N2O/c1-4-10-9-12(16(2)3)11-7-5-6-8-13(17)14(11)15-10/h9H,4-8H2,1-3H3. The van der Waals surface area contributed by atoms with Crippen LogP contribution in [0.4, 0.5) is 5.69 Å². The van der Waals surface area contributed by atoms with Gasteiger partial charge in [0.15, 0.2) is 5.78 Å². The van der Waals surface area contributed by atoms with E-state index < -0.39 is 0 Å². The number of carbonyl (C=O) groups is 1. The van der Waals surface area contributed by atoms with Gasteiger partial charge in [-0.25, -0.2) is 4.98 Å². The van der Waals surface area contributed by atoms with Crippen molar-refractivity contribution in [1.82, 2.24) is 4.98 Å². The molecule has 0 aliphatic heterocycles. The van der Waals surface area contributed by atoms with E-state index in [1.807, 2.05) is 14.1 Å². The fourth-order valence-corrected chi connectivity index (χ4v) is 2.37. The number of ketones is 1. The van der Waals surface area contributed by atoms with E-state index in [1.165, 1.54) is 5.69 Å². The van der Waals surface area contributed by atoms with E-state index in [0.29, 0.717) is 6.42 Å². The first-order chi connectivity index (χ1) is 8.13. The van der Waals surface area contributed by atoms with Crippen LogP contribution in [-0.4, -0.2) is 24.9 Å². The average Bonchev–Trinajstić information content (AvgIpc) is 2.50. The molecular weight excluding hydrogens is 212 g/mol. The normalized spacial score (nSPS) is 15.4. The lowest BCUT2D eigenvalue weighted by Crippen LogP contribution is -2.16. The number of aromatic nitrogens is 1. The first kappa shape index (κ1) is 12.1. The van der Waals surface area contributed by atoms with Crippen molar-refractivity contribution in [1.29, 1.82) is 0 Å². The zero-order valence-corrected chi connectivity index (χ0v) is 10.9. The molecule has 17 heavy (non-hydrogen) atoms. The number of anilines is 1. The van der Waals surface area contributed by atoms with Gasteiger partial charge in [-0.15, -0.1) is 0 Å². The van der Waals surface area contributed by atoms with Crippen LogP contribution < -0.4 is 4.90 Å². The molecule has 1 heterocycles. The number of nitrogens with zero attached hydrogens (tertiary/aromatic N) is 2. The number of Topliss-reactive ketones (excluding diaryl/α,β-unsaturated/α-hetero) is 1. The Morgan fingerprint density at radius 1 is 1.29 bits per heavy atom. The summed E-state index contributed by atoms with van der Waals surface area (Å²) in [6.07, 6.45) is 4.59. The minimum absolute atomic E-state index is 0.218. The maximum Gasteiger partial charge on any atom is 0.181 e. The lowest BCUT2D eigenvalue weighted by Gasteiger charge is -2.19. The maximum atomic E-state index is 12.1. The van der Waals surface area contributed by atoms with Gasteiger partial charge in [-0.05, 0) is 31.7 Å². The summed E-state index contributed by atoms with van der Waals surface area (Å²) in [6.45, 7) is 2.08. The highest BCUT2D eigenvalue weighted by atomic mass is 16.1. The summed E-state index contributed by atoms with van der Waals surface area (Å²) < 4.78 is 0. The average molecular weight is 232 g/mol. The molecule has 0 saturated heterocycles. The first-order valence-electron chi connectivity index (χ1n) is 6.36. The van der Waals surface area contributed by atoms with Crippen molar-refractivity contribution in [2.45, 2.75) is 39.0 Å². The Balaban J connectivity index is 2.60. The van der Waals surface area contributed by atoms with Gasteiger partial charge < -0.3 is 4.90 Å². The Kier molecular flexibility index (Phi) is 3.46. The van der Waals surface area contributed by atoms with Gasteiger partial charge in [-0.2, -0.15) is 0 Å². The summed E-state index contributed by atoms with van der Waals surface area (Å²) in [5.74, 6) is 0.218. The minimum atomic E-state index is 0.218. The van der Waals surface area contributed by atoms with E-state index in [1.54, 1.807) is 0 Å². The molecule has 0 atom stereocenters. The van der Waals surface area contributed by atoms with Gasteiger partial charge in [0, 0.05) is 37.5 Å². The van der Waals surface area contributed by atoms with Crippen molar-refractivity contribution in [2.24, 2.45) is 0 Å². The van der Waals surface area contributed by atoms with E-state index >= 15 is 0 Å². The molecule has 92 valence electrons. The molecule has 0 bridgehead atoms. The van der Waals surface area contributed by atoms with Crippen LogP contribution in [-0.2, 0) is 12.8 Å². The molecule has 0 radical (unpaired) electrons. The Bertz CT molecular complexity index is 438. The summed E-state index contributed by atoms with van der Waals surface area (Å²) in [4.78, 5) is 18.7. The van der Waals surface area contributed by atoms with E-state index in [4.69, 9.17) is 0 Å². The molecule has 0 amide bonds. The molecule has 1 aromatic rings. The van der Waals surface area contributed by atoms with Gasteiger partial charge >= 0.3 is 0 Å². The number of fused-ring (bicyclic) bond motifs is 1. The largest absolute Gasteiger partial charge is 0.377 e. The number of hydrogen-bond donors (Lipinski definition) is 0. The topological polar surface area (TPSA) is 33.2 Å². The first-order valence-corrected chi connectivity index (χ1v) is 6.36. The summed E-state index contributed by atoms with van der Waals surface area (Å²) in [5, 5.41) is 0. The van der Waals surface area contributed by atoms with Crippen molar-refractivity contribution in [3.05, 3.63) is 23.0 Å². The third-order valence-electron chi connectivity index (χ3n) is 3.34. The second kappa shape index (κ2) is 4.86. The van der Waals surface area contributed by atoms with Crippen LogP contribution in [0.25, 0.3) is 0 Å². The molecule has 1 aromatic heterocycles. The lowest BCUT2D eigenvalue weighted by atomic mass is 10.0. The smallest absolute Gasteiger partial charge is 0.181 e. The maximum absolute atomic E-state index is 12.1. The van der Waals surface area contributed by atoms with Crippen molar-refractivity contribution in [3.8, 4) is 0 Å². The minimum Gasteiger partial charge on any atom is -0.377 e. The lowest BCUT2D eigenvalue weighted by molar-refractivity contribution is 0.0977. The fourth-order valence-electron chi connectivity index (χ4n) is 2.37. The monoisotopic (exact) mass is 232 g/mol. The van der Waals surface area contributed by atoms with Crippen molar-refractivity contribution < 1.29 is 4.79 Å². The van der Waals surface area contributed by atoms with Crippen LogP contribution in [0.2, 0.25) is 0 Å². The van der Waals surface area contributed by atoms with Crippen LogP contribution in [0, 0.1) is 0 Å². The van der Waals surface area contributed by atoms with E-state index in [0.717, 1.165) is 42.6 Å². The number of pyridine rings is 1. The van der Waals surface area contributed by atoms with Crippen LogP contribution in [0.5, 0.6) is 0 Å². The quantitative estimate of drug-likeness (QED) is 0.735. The summed E-state index contributed by atoms with van der Waals surface area (Å²) in [5.41, 5.74) is 4.06. The Morgan fingerprint density at radius 3 is 2.65 bits per heavy atom. The predicted molar refractivity (Wildman–Crippen MR) is 69.8 cm³/mol. The van der Waals surface area contributed by atoms with Gasteiger partial charge in [-0.1, -0.05) is 6.92 Å². The molecule has 1 aliphatic rings. The Morgan fingerprint density at radius 2 is 2.00 bits per heavy atom. The molecule has 0 aromatic carbocycles. The Labute approximate surface area is 103 Å². The molecule has 3 nitrogen and oxygen atoms in total. The molecule has 1 aliphatic carbocycles. The van der Waals surface area contributed by atoms with Crippen LogP contribution in [0.1, 0.15) is 47.9 Å². The van der Waals surface area contributed by atoms with Crippen LogP contribution >= 0.6 is 0 Å². The highest BCUT2D eigenvalue weighted by molar-refractivity contribution is 5.97. The number of aryl methyl sites for hydroxylation is 1. The molecule has 0 fully saturated rings. The molecule has 2 rings (SSSR count). The van der Waals surface area contributed by atoms with Gasteiger partial charge in [0.05, 0.1) is 0 Å². The van der Waals surface area contributed by atoms with Crippen molar-refractivity contribution in [2.75, 3.05) is 19.0 Å². The van der Waals surface area contributed by atoms with Gasteiger partial charge in [0.2, 0.25) is 0 Å². The third-order valence-corrected chi connectivity index (χ3v) is 3.34. The second-order valence-electron chi connectivity index (χ2n) is 4.84. The molecule has 3 heteroatoms. The molecule has 0 N–H and O–H groups in total. The zero-order chi connectivity index (χ0) is 12.4. The highest BCUT2D eigenvalue weighted by Crippen LogP contribution is 2.28. The number of carbonyl (C=O) groups excluding carboxylic acids is 1. The summed E-state index contributed by atoms with van der Waals surface area (Å²) in [7, 11) is 4.06. The van der Waals surface area contributed by atoms with Crippen molar-refractivity contribution >= 4 is 11.5 Å². The van der Waals surface area contributed by atoms with E-state index in [9.17, 15) is 4.79 Å². The summed E-state index contributed by atoms with van der Waals surface area (Å²) in [6, 6.07) is 2.12. The highest BCUT2D eigenvalue weighted by Gasteiger charge is 2.21. The van der Waals surface area contributed by atoms with Crippen molar-refractivity contribution in [3.63, 3.8) is 0 Å². The number of rotatable bonds is 2. The van der Waals surface area contributed by atoms with Gasteiger partial charge in [0.1, 0.15) is 5.69 Å². The van der Waals surface area contributed by atoms with Crippen LogP contribution in [0.3, 0.4) is 0 Å². The zero-order valence-electron chi connectivity index (χ0n) is 10.9. The number of hydrogen-bond acceptors (Lipinski definition) is 3.